The minimum Gasteiger partial charge on any atom is -0.351 e. The maximum absolute atomic E-state index is 14.0. The number of thiazole rings is 1. The second kappa shape index (κ2) is 14.5. The molecular formula is C32H42FN4O2PS. The van der Waals surface area contributed by atoms with Gasteiger partial charge in [-0.05, 0) is 69.8 Å². The molecule has 0 spiro atoms. The number of hydrogen-bond acceptors (Lipinski definition) is 5. The number of likely N-dealkylation sites (tertiary alicyclic amines) is 2. The molecule has 4 rings (SSSR count). The zero-order valence-electron chi connectivity index (χ0n) is 24.2. The van der Waals surface area contributed by atoms with Crippen LogP contribution < -0.4 is 5.32 Å². The molecule has 2 aromatic rings. The predicted molar refractivity (Wildman–Crippen MR) is 170 cm³/mol. The number of rotatable bonds is 11. The monoisotopic (exact) mass is 596 g/mol. The highest BCUT2D eigenvalue weighted by Crippen LogP contribution is 2.32. The molecule has 2 saturated heterocycles. The van der Waals surface area contributed by atoms with Gasteiger partial charge in [0.1, 0.15) is 11.1 Å². The van der Waals surface area contributed by atoms with Crippen LogP contribution in [0.4, 0.5) is 4.39 Å². The number of halogens is 1. The van der Waals surface area contributed by atoms with E-state index >= 15 is 0 Å². The van der Waals surface area contributed by atoms with E-state index in [4.69, 9.17) is 0 Å². The highest BCUT2D eigenvalue weighted by molar-refractivity contribution is 7.18. The number of carbonyl (C=O) groups excluding carboxylic acids is 2. The molecule has 0 saturated carbocycles. The van der Waals surface area contributed by atoms with Gasteiger partial charge in [0.2, 0.25) is 0 Å². The van der Waals surface area contributed by atoms with Crippen LogP contribution in [-0.4, -0.2) is 71.3 Å². The molecule has 220 valence electrons. The fourth-order valence-corrected chi connectivity index (χ4v) is 6.67. The van der Waals surface area contributed by atoms with E-state index in [1.165, 1.54) is 31.1 Å². The number of nitrogens with one attached hydrogen (secondary N) is 1. The third kappa shape index (κ3) is 8.67. The van der Waals surface area contributed by atoms with Gasteiger partial charge >= 0.3 is 0 Å². The Kier molecular flexibility index (Phi) is 11.0. The van der Waals surface area contributed by atoms with Gasteiger partial charge in [0.25, 0.3) is 11.8 Å². The standard InChI is InChI=1S/C32H42FN4O2PS/c1-4-9-23(10-7-17-32(2,33)40)26-12-5-6-13-27(26)31(39)37-20-15-24(16-21-37)30-35-28(22-41-30)29(38)34-18-14-25-11-8-19-36(25)3/h4-7,9-10,12-13,22,24-25H,1,8,11,14-21,40H2,2-3H3,(H,34,38)/b10-7-,23-9+. The summed E-state index contributed by atoms with van der Waals surface area (Å²) in [6, 6.07) is 8.09. The van der Waals surface area contributed by atoms with Crippen molar-refractivity contribution in [1.29, 1.82) is 0 Å². The summed E-state index contributed by atoms with van der Waals surface area (Å²) in [6.07, 6.45) is 12.4. The van der Waals surface area contributed by atoms with Crippen molar-refractivity contribution < 1.29 is 14.0 Å². The van der Waals surface area contributed by atoms with Crippen LogP contribution in [0.25, 0.3) is 5.57 Å². The van der Waals surface area contributed by atoms with Crippen molar-refractivity contribution in [2.45, 2.75) is 62.8 Å². The molecule has 1 aromatic heterocycles. The zero-order valence-corrected chi connectivity index (χ0v) is 26.1. The number of carbonyl (C=O) groups is 2. The number of allylic oxidation sites excluding steroid dienone is 5. The van der Waals surface area contributed by atoms with Gasteiger partial charge in [-0.15, -0.1) is 11.3 Å². The van der Waals surface area contributed by atoms with Gasteiger partial charge in [0, 0.05) is 49.0 Å². The van der Waals surface area contributed by atoms with Crippen molar-refractivity contribution in [2.24, 2.45) is 0 Å². The molecule has 0 bridgehead atoms. The third-order valence-corrected chi connectivity index (χ3v) is 9.14. The number of amides is 2. The molecule has 6 nitrogen and oxygen atoms in total. The van der Waals surface area contributed by atoms with Gasteiger partial charge in [-0.3, -0.25) is 9.59 Å². The molecular weight excluding hydrogens is 554 g/mol. The lowest BCUT2D eigenvalue weighted by atomic mass is 9.94. The number of hydrogen-bond donors (Lipinski definition) is 1. The summed E-state index contributed by atoms with van der Waals surface area (Å²) in [5.41, 5.74) is 2.73. The van der Waals surface area contributed by atoms with Gasteiger partial charge in [0.05, 0.1) is 5.01 Å². The summed E-state index contributed by atoms with van der Waals surface area (Å²) in [7, 11) is 4.35. The Labute approximate surface area is 250 Å². The van der Waals surface area contributed by atoms with Crippen molar-refractivity contribution in [3.63, 3.8) is 0 Å². The highest BCUT2D eigenvalue weighted by atomic mass is 32.1. The lowest BCUT2D eigenvalue weighted by Crippen LogP contribution is -2.38. The van der Waals surface area contributed by atoms with Crippen LogP contribution in [0.2, 0.25) is 0 Å². The summed E-state index contributed by atoms with van der Waals surface area (Å²) in [5.74, 6) is 0.105. The lowest BCUT2D eigenvalue weighted by molar-refractivity contribution is 0.0712. The van der Waals surface area contributed by atoms with Crippen LogP contribution in [0, 0.1) is 0 Å². The van der Waals surface area contributed by atoms with Gasteiger partial charge < -0.3 is 15.1 Å². The van der Waals surface area contributed by atoms with Crippen molar-refractivity contribution in [3.8, 4) is 0 Å². The number of piperidine rings is 1. The summed E-state index contributed by atoms with van der Waals surface area (Å²) in [6.45, 7) is 8.37. The minimum absolute atomic E-state index is 0.0177. The van der Waals surface area contributed by atoms with E-state index in [0.29, 0.717) is 36.9 Å². The van der Waals surface area contributed by atoms with Crippen LogP contribution in [0.15, 0.2) is 60.5 Å². The average Bonchev–Trinajstić information content (AvgIpc) is 3.61. The van der Waals surface area contributed by atoms with Crippen molar-refractivity contribution >= 4 is 38.0 Å². The third-order valence-electron chi connectivity index (χ3n) is 7.90. The highest BCUT2D eigenvalue weighted by Gasteiger charge is 2.28. The zero-order chi connectivity index (χ0) is 29.4. The second-order valence-corrected chi connectivity index (χ2v) is 13.3. The number of benzene rings is 1. The Morgan fingerprint density at radius 2 is 1.95 bits per heavy atom. The SMILES string of the molecule is C=C/C=C(\C=C/CC(C)(F)P)c1ccccc1C(=O)N1CCC(c2nc(C(=O)NCCC3CCCN3C)cs2)CC1. The van der Waals surface area contributed by atoms with Crippen LogP contribution >= 0.6 is 20.6 Å². The number of nitrogens with zero attached hydrogens (tertiary/aromatic N) is 3. The molecule has 2 fully saturated rings. The quantitative estimate of drug-likeness (QED) is 0.239. The Bertz CT molecular complexity index is 1280. The van der Waals surface area contributed by atoms with E-state index in [0.717, 1.165) is 42.0 Å². The summed E-state index contributed by atoms with van der Waals surface area (Å²) < 4.78 is 14.0. The fraction of sp³-hybridized carbons (Fsp3) is 0.469. The summed E-state index contributed by atoms with van der Waals surface area (Å²) in [5, 5.41) is 4.47. The van der Waals surface area contributed by atoms with E-state index in [1.54, 1.807) is 12.2 Å². The van der Waals surface area contributed by atoms with Crippen LogP contribution in [-0.2, 0) is 0 Å². The van der Waals surface area contributed by atoms with E-state index in [-0.39, 0.29) is 24.2 Å². The summed E-state index contributed by atoms with van der Waals surface area (Å²) in [4.78, 5) is 35.2. The van der Waals surface area contributed by atoms with Gasteiger partial charge in [0.15, 0.2) is 0 Å². The Morgan fingerprint density at radius 3 is 2.61 bits per heavy atom. The molecule has 3 heterocycles. The van der Waals surface area contributed by atoms with Crippen molar-refractivity contribution in [3.05, 3.63) is 82.4 Å². The summed E-state index contributed by atoms with van der Waals surface area (Å²) >= 11 is 1.53. The molecule has 2 amide bonds. The molecule has 0 aliphatic carbocycles. The molecule has 3 atom stereocenters. The van der Waals surface area contributed by atoms with Gasteiger partial charge in [-0.1, -0.05) is 58.3 Å². The predicted octanol–water partition coefficient (Wildman–Crippen LogP) is 6.45. The number of alkyl halides is 1. The molecule has 3 unspecified atom stereocenters. The smallest absolute Gasteiger partial charge is 0.270 e. The average molecular weight is 597 g/mol. The van der Waals surface area contributed by atoms with Crippen LogP contribution in [0.5, 0.6) is 0 Å². The van der Waals surface area contributed by atoms with E-state index < -0.39 is 5.41 Å². The molecule has 1 N–H and O–H groups in total. The van der Waals surface area contributed by atoms with Crippen molar-refractivity contribution in [2.75, 3.05) is 33.2 Å². The number of aromatic nitrogens is 1. The van der Waals surface area contributed by atoms with Gasteiger partial charge in [-0.25, -0.2) is 9.37 Å². The fourth-order valence-electron chi connectivity index (χ4n) is 5.57. The maximum atomic E-state index is 14.0. The first kappa shape index (κ1) is 31.3. The Hall–Kier alpha value is -2.67. The molecule has 2 aliphatic heterocycles. The molecule has 2 aliphatic rings. The first-order valence-electron chi connectivity index (χ1n) is 14.5. The van der Waals surface area contributed by atoms with E-state index in [1.807, 2.05) is 46.7 Å². The molecule has 9 heteroatoms. The first-order valence-corrected chi connectivity index (χ1v) is 15.9. The first-order chi connectivity index (χ1) is 19.7. The Morgan fingerprint density at radius 1 is 1.22 bits per heavy atom. The second-order valence-electron chi connectivity index (χ2n) is 11.2. The van der Waals surface area contributed by atoms with Crippen LogP contribution in [0.3, 0.4) is 0 Å². The van der Waals surface area contributed by atoms with E-state index in [2.05, 4.69) is 38.1 Å². The maximum Gasteiger partial charge on any atom is 0.270 e. The van der Waals surface area contributed by atoms with Crippen LogP contribution in [0.1, 0.15) is 82.8 Å². The largest absolute Gasteiger partial charge is 0.351 e. The van der Waals surface area contributed by atoms with Gasteiger partial charge in [-0.2, -0.15) is 0 Å². The van der Waals surface area contributed by atoms with Crippen molar-refractivity contribution in [1.82, 2.24) is 20.1 Å². The van der Waals surface area contributed by atoms with E-state index in [9.17, 15) is 14.0 Å². The lowest BCUT2D eigenvalue weighted by Gasteiger charge is -2.31. The topological polar surface area (TPSA) is 65.5 Å². The normalized spacial score (nSPS) is 20.3. The minimum atomic E-state index is -1.39. The molecule has 0 radical (unpaired) electrons. The molecule has 1 aromatic carbocycles. The Balaban J connectivity index is 1.34. The molecule has 41 heavy (non-hydrogen) atoms.